The number of aromatic nitrogens is 1. The molecule has 1 saturated heterocycles. The number of hydrogen-bond donors (Lipinski definition) is 0. The summed E-state index contributed by atoms with van der Waals surface area (Å²) in [4.78, 5) is 21.3. The van der Waals surface area contributed by atoms with Gasteiger partial charge in [-0.15, -0.1) is 0 Å². The number of carbonyl (C=O) groups excluding carboxylic acids is 1. The van der Waals surface area contributed by atoms with Crippen molar-refractivity contribution in [2.75, 3.05) is 38.9 Å². The van der Waals surface area contributed by atoms with Crippen molar-refractivity contribution in [3.05, 3.63) is 47.7 Å². The highest BCUT2D eigenvalue weighted by Crippen LogP contribution is 2.37. The summed E-state index contributed by atoms with van der Waals surface area (Å²) in [5.74, 6) is 2.54. The molecule has 0 aliphatic carbocycles. The van der Waals surface area contributed by atoms with Gasteiger partial charge in [-0.25, -0.2) is 4.98 Å². The van der Waals surface area contributed by atoms with E-state index in [1.54, 1.807) is 6.20 Å². The van der Waals surface area contributed by atoms with Crippen molar-refractivity contribution in [3.63, 3.8) is 0 Å². The monoisotopic (exact) mass is 381 g/mol. The van der Waals surface area contributed by atoms with Crippen LogP contribution >= 0.6 is 0 Å². The molecule has 4 rings (SSSR count). The molecule has 148 valence electrons. The molecular formula is C22H27N3O3. The number of ether oxygens (including phenoxy) is 2. The zero-order valence-electron chi connectivity index (χ0n) is 16.8. The third-order valence-electron chi connectivity index (χ3n) is 5.59. The van der Waals surface area contributed by atoms with Gasteiger partial charge in [0, 0.05) is 33.4 Å². The van der Waals surface area contributed by atoms with Gasteiger partial charge in [0.1, 0.15) is 5.82 Å². The highest BCUT2D eigenvalue weighted by Gasteiger charge is 2.34. The molecule has 0 N–H and O–H groups in total. The maximum Gasteiger partial charge on any atom is 0.255 e. The summed E-state index contributed by atoms with van der Waals surface area (Å²) in [5.41, 5.74) is 1.91. The molecule has 28 heavy (non-hydrogen) atoms. The van der Waals surface area contributed by atoms with E-state index in [1.807, 2.05) is 42.1 Å². The molecule has 1 aromatic carbocycles. The zero-order valence-corrected chi connectivity index (χ0v) is 16.8. The molecule has 6 heteroatoms. The first kappa shape index (κ1) is 18.6. The fourth-order valence-electron chi connectivity index (χ4n) is 4.14. The predicted octanol–water partition coefficient (Wildman–Crippen LogP) is 3.36. The minimum atomic E-state index is 0.0403. The summed E-state index contributed by atoms with van der Waals surface area (Å²) in [7, 11) is 3.88. The Morgan fingerprint density at radius 2 is 2.04 bits per heavy atom. The number of piperidine rings is 1. The topological polar surface area (TPSA) is 54.9 Å². The smallest absolute Gasteiger partial charge is 0.255 e. The van der Waals surface area contributed by atoms with E-state index < -0.39 is 0 Å². The Morgan fingerprint density at radius 1 is 1.21 bits per heavy atom. The second-order valence-electron chi connectivity index (χ2n) is 8.30. The molecule has 1 atom stereocenters. The number of anilines is 1. The second kappa shape index (κ2) is 7.34. The molecule has 2 aromatic rings. The average Bonchev–Trinajstić information content (AvgIpc) is 3.15. The van der Waals surface area contributed by atoms with Gasteiger partial charge in [0.25, 0.3) is 5.91 Å². The lowest BCUT2D eigenvalue weighted by Crippen LogP contribution is -2.45. The molecule has 1 unspecified atom stereocenters. The number of rotatable bonds is 4. The van der Waals surface area contributed by atoms with Crippen molar-refractivity contribution in [1.82, 2.24) is 9.88 Å². The van der Waals surface area contributed by atoms with Crippen LogP contribution in [0.3, 0.4) is 0 Å². The van der Waals surface area contributed by atoms with Crippen LogP contribution in [0.15, 0.2) is 36.5 Å². The Kier molecular flexibility index (Phi) is 4.87. The largest absolute Gasteiger partial charge is 0.454 e. The third-order valence-corrected chi connectivity index (χ3v) is 5.59. The average molecular weight is 381 g/mol. The van der Waals surface area contributed by atoms with Crippen molar-refractivity contribution in [2.24, 2.45) is 5.41 Å². The Morgan fingerprint density at radius 3 is 2.79 bits per heavy atom. The lowest BCUT2D eigenvalue weighted by Gasteiger charge is -2.40. The van der Waals surface area contributed by atoms with E-state index in [0.29, 0.717) is 12.4 Å². The number of benzene rings is 1. The first-order valence-corrected chi connectivity index (χ1v) is 9.75. The van der Waals surface area contributed by atoms with Gasteiger partial charge in [-0.1, -0.05) is 13.0 Å². The SMILES string of the molecule is CN(C)c1ccc(C(=O)N2CCCC(C)(Cc3ccc4c(c3)OCO4)C2)cn1. The summed E-state index contributed by atoms with van der Waals surface area (Å²) < 4.78 is 10.9. The molecule has 0 radical (unpaired) electrons. The third kappa shape index (κ3) is 3.77. The van der Waals surface area contributed by atoms with Gasteiger partial charge in [-0.05, 0) is 54.5 Å². The van der Waals surface area contributed by atoms with Crippen LogP contribution in [0.2, 0.25) is 0 Å². The molecule has 3 heterocycles. The van der Waals surface area contributed by atoms with Crippen LogP contribution in [0, 0.1) is 5.41 Å². The van der Waals surface area contributed by atoms with E-state index in [0.717, 1.165) is 49.7 Å². The van der Waals surface area contributed by atoms with Crippen molar-refractivity contribution in [3.8, 4) is 11.5 Å². The fraction of sp³-hybridized carbons (Fsp3) is 0.455. The maximum absolute atomic E-state index is 13.0. The molecule has 1 aromatic heterocycles. The van der Waals surface area contributed by atoms with Gasteiger partial charge in [0.05, 0.1) is 5.56 Å². The Bertz CT molecular complexity index is 866. The fourth-order valence-corrected chi connectivity index (χ4v) is 4.14. The molecule has 2 aliphatic rings. The quantitative estimate of drug-likeness (QED) is 0.813. The van der Waals surface area contributed by atoms with Gasteiger partial charge in [-0.2, -0.15) is 0 Å². The Hall–Kier alpha value is -2.76. The van der Waals surface area contributed by atoms with Crippen LogP contribution in [0.4, 0.5) is 5.82 Å². The number of likely N-dealkylation sites (tertiary alicyclic amines) is 1. The predicted molar refractivity (Wildman–Crippen MR) is 108 cm³/mol. The molecular weight excluding hydrogens is 354 g/mol. The second-order valence-corrected chi connectivity index (χ2v) is 8.30. The number of nitrogens with zero attached hydrogens (tertiary/aromatic N) is 3. The molecule has 2 aliphatic heterocycles. The number of fused-ring (bicyclic) bond motifs is 1. The number of hydrogen-bond acceptors (Lipinski definition) is 5. The molecule has 0 bridgehead atoms. The standard InChI is InChI=1S/C22H27N3O3/c1-22(12-16-5-7-18-19(11-16)28-15-27-18)9-4-10-25(14-22)21(26)17-6-8-20(23-13-17)24(2)3/h5-8,11,13H,4,9-10,12,14-15H2,1-3H3. The van der Waals surface area contributed by atoms with Crippen LogP contribution in [-0.2, 0) is 6.42 Å². The van der Waals surface area contributed by atoms with E-state index in [-0.39, 0.29) is 11.3 Å². The Balaban J connectivity index is 1.46. The summed E-state index contributed by atoms with van der Waals surface area (Å²) in [5, 5.41) is 0. The van der Waals surface area contributed by atoms with Crippen molar-refractivity contribution >= 4 is 11.7 Å². The van der Waals surface area contributed by atoms with Crippen molar-refractivity contribution in [1.29, 1.82) is 0 Å². The van der Waals surface area contributed by atoms with Crippen molar-refractivity contribution in [2.45, 2.75) is 26.2 Å². The molecule has 1 amide bonds. The van der Waals surface area contributed by atoms with E-state index in [9.17, 15) is 4.79 Å². The van der Waals surface area contributed by atoms with E-state index in [1.165, 1.54) is 5.56 Å². The van der Waals surface area contributed by atoms with E-state index in [4.69, 9.17) is 9.47 Å². The highest BCUT2D eigenvalue weighted by atomic mass is 16.7. The minimum absolute atomic E-state index is 0.0403. The van der Waals surface area contributed by atoms with Gasteiger partial charge in [0.2, 0.25) is 6.79 Å². The lowest BCUT2D eigenvalue weighted by molar-refractivity contribution is 0.0550. The summed E-state index contributed by atoms with van der Waals surface area (Å²) >= 11 is 0. The molecule has 6 nitrogen and oxygen atoms in total. The molecule has 1 fully saturated rings. The van der Waals surface area contributed by atoms with Crippen LogP contribution in [0.5, 0.6) is 11.5 Å². The van der Waals surface area contributed by atoms with E-state index >= 15 is 0 Å². The summed E-state index contributed by atoms with van der Waals surface area (Å²) in [6.45, 7) is 4.10. The first-order chi connectivity index (χ1) is 13.4. The normalized spacial score (nSPS) is 20.9. The van der Waals surface area contributed by atoms with E-state index in [2.05, 4.69) is 24.0 Å². The van der Waals surface area contributed by atoms with Gasteiger partial charge < -0.3 is 19.3 Å². The van der Waals surface area contributed by atoms with Crippen LogP contribution < -0.4 is 14.4 Å². The van der Waals surface area contributed by atoms with Crippen LogP contribution in [0.25, 0.3) is 0 Å². The van der Waals surface area contributed by atoms with Crippen LogP contribution in [-0.4, -0.2) is 49.8 Å². The van der Waals surface area contributed by atoms with Gasteiger partial charge in [0.15, 0.2) is 11.5 Å². The zero-order chi connectivity index (χ0) is 19.7. The number of amides is 1. The Labute approximate surface area is 166 Å². The summed E-state index contributed by atoms with van der Waals surface area (Å²) in [6, 6.07) is 9.91. The number of pyridine rings is 1. The van der Waals surface area contributed by atoms with Crippen LogP contribution in [0.1, 0.15) is 35.7 Å². The maximum atomic E-state index is 13.0. The van der Waals surface area contributed by atoms with Gasteiger partial charge >= 0.3 is 0 Å². The number of carbonyl (C=O) groups is 1. The highest BCUT2D eigenvalue weighted by molar-refractivity contribution is 5.94. The molecule has 0 spiro atoms. The summed E-state index contributed by atoms with van der Waals surface area (Å²) in [6.07, 6.45) is 4.70. The lowest BCUT2D eigenvalue weighted by atomic mass is 9.76. The molecule has 0 saturated carbocycles. The van der Waals surface area contributed by atoms with Crippen molar-refractivity contribution < 1.29 is 14.3 Å². The first-order valence-electron chi connectivity index (χ1n) is 9.75. The van der Waals surface area contributed by atoms with Gasteiger partial charge in [-0.3, -0.25) is 4.79 Å². The minimum Gasteiger partial charge on any atom is -0.454 e.